The van der Waals surface area contributed by atoms with Gasteiger partial charge in [0.2, 0.25) is 0 Å². The lowest BCUT2D eigenvalue weighted by Gasteiger charge is -2.34. The summed E-state index contributed by atoms with van der Waals surface area (Å²) in [7, 11) is -2.81. The van der Waals surface area contributed by atoms with Gasteiger partial charge in [-0.15, -0.1) is 0 Å². The zero-order valence-electron chi connectivity index (χ0n) is 34.8. The summed E-state index contributed by atoms with van der Waals surface area (Å²) >= 11 is 0. The van der Waals surface area contributed by atoms with Crippen LogP contribution in [0, 0.1) is 6.92 Å². The molecule has 63 heavy (non-hydrogen) atoms. The highest BCUT2D eigenvalue weighted by Gasteiger charge is 2.41. The second-order valence-corrected chi connectivity index (χ2v) is 19.9. The van der Waals surface area contributed by atoms with Gasteiger partial charge in [-0.25, -0.2) is 15.0 Å². The van der Waals surface area contributed by atoms with Gasteiger partial charge in [0.05, 0.1) is 11.0 Å². The highest BCUT2D eigenvalue weighted by atomic mass is 28.3. The molecular formula is C58H42N4Si. The van der Waals surface area contributed by atoms with E-state index in [1.54, 1.807) is 0 Å². The van der Waals surface area contributed by atoms with Crippen molar-refractivity contribution in [2.45, 2.75) is 6.92 Å². The monoisotopic (exact) mass is 822 g/mol. The molecule has 0 saturated carbocycles. The first-order valence-electron chi connectivity index (χ1n) is 21.4. The van der Waals surface area contributed by atoms with Gasteiger partial charge >= 0.3 is 0 Å². The summed E-state index contributed by atoms with van der Waals surface area (Å²) in [4.78, 5) is 15.5. The van der Waals surface area contributed by atoms with Crippen LogP contribution in [0.15, 0.2) is 237 Å². The molecule has 0 aliphatic carbocycles. The first-order valence-corrected chi connectivity index (χ1v) is 23.4. The van der Waals surface area contributed by atoms with Crippen molar-refractivity contribution in [1.29, 1.82) is 0 Å². The zero-order valence-corrected chi connectivity index (χ0v) is 35.8. The van der Waals surface area contributed by atoms with Crippen LogP contribution in [0.1, 0.15) is 5.56 Å². The van der Waals surface area contributed by atoms with E-state index in [9.17, 15) is 0 Å². The smallest absolute Gasteiger partial charge is 0.179 e. The molecule has 0 bridgehead atoms. The van der Waals surface area contributed by atoms with Gasteiger partial charge in [0, 0.05) is 33.2 Å². The molecule has 298 valence electrons. The van der Waals surface area contributed by atoms with E-state index in [0.717, 1.165) is 44.5 Å². The molecule has 0 amide bonds. The van der Waals surface area contributed by atoms with Crippen LogP contribution in [0.5, 0.6) is 0 Å². The van der Waals surface area contributed by atoms with E-state index in [4.69, 9.17) is 15.0 Å². The molecule has 0 saturated heterocycles. The summed E-state index contributed by atoms with van der Waals surface area (Å²) in [6, 6.07) is 85.3. The van der Waals surface area contributed by atoms with Crippen LogP contribution in [0.3, 0.4) is 0 Å². The van der Waals surface area contributed by atoms with E-state index < -0.39 is 8.07 Å². The minimum Gasteiger partial charge on any atom is -0.309 e. The lowest BCUT2D eigenvalue weighted by Crippen LogP contribution is -2.74. The van der Waals surface area contributed by atoms with E-state index in [0.29, 0.717) is 17.5 Å². The predicted octanol–water partition coefficient (Wildman–Crippen LogP) is 11.3. The van der Waals surface area contributed by atoms with Crippen molar-refractivity contribution >= 4 is 50.6 Å². The Bertz CT molecular complexity index is 3230. The van der Waals surface area contributed by atoms with Crippen molar-refractivity contribution in [2.75, 3.05) is 0 Å². The van der Waals surface area contributed by atoms with E-state index >= 15 is 0 Å². The lowest BCUT2D eigenvalue weighted by molar-refractivity contribution is 1.07. The van der Waals surface area contributed by atoms with Gasteiger partial charge in [-0.3, -0.25) is 0 Å². The van der Waals surface area contributed by atoms with Crippen molar-refractivity contribution in [3.05, 3.63) is 242 Å². The molecule has 0 atom stereocenters. The van der Waals surface area contributed by atoms with E-state index in [2.05, 4.69) is 212 Å². The quantitative estimate of drug-likeness (QED) is 0.108. The Hall–Kier alpha value is -7.99. The summed E-state index contributed by atoms with van der Waals surface area (Å²) in [5.41, 5.74) is 9.51. The van der Waals surface area contributed by atoms with Gasteiger partial charge in [0.1, 0.15) is 0 Å². The third kappa shape index (κ3) is 6.85. The molecule has 0 aliphatic heterocycles. The van der Waals surface area contributed by atoms with Crippen molar-refractivity contribution in [2.24, 2.45) is 0 Å². The number of rotatable bonds is 9. The lowest BCUT2D eigenvalue weighted by atomic mass is 10.0. The van der Waals surface area contributed by atoms with Crippen molar-refractivity contribution in [3.63, 3.8) is 0 Å². The molecule has 0 aliphatic rings. The number of nitrogens with zero attached hydrogens (tertiary/aromatic N) is 4. The van der Waals surface area contributed by atoms with Crippen LogP contribution in [-0.4, -0.2) is 27.6 Å². The largest absolute Gasteiger partial charge is 0.309 e. The number of benzene rings is 9. The molecule has 4 nitrogen and oxygen atoms in total. The van der Waals surface area contributed by atoms with Crippen molar-refractivity contribution in [1.82, 2.24) is 19.5 Å². The van der Waals surface area contributed by atoms with Crippen LogP contribution in [-0.2, 0) is 0 Å². The highest BCUT2D eigenvalue weighted by Crippen LogP contribution is 2.37. The molecule has 0 fully saturated rings. The maximum atomic E-state index is 5.24. The van der Waals surface area contributed by atoms with Gasteiger partial charge in [0.25, 0.3) is 0 Å². The van der Waals surface area contributed by atoms with Crippen LogP contribution >= 0.6 is 0 Å². The van der Waals surface area contributed by atoms with E-state index in [-0.39, 0.29) is 0 Å². The summed E-state index contributed by atoms with van der Waals surface area (Å²) in [5.74, 6) is 1.87. The molecule has 0 unspecified atom stereocenters. The molecule has 2 heterocycles. The summed E-state index contributed by atoms with van der Waals surface area (Å²) < 4.78 is 2.40. The second-order valence-electron chi connectivity index (χ2n) is 16.1. The van der Waals surface area contributed by atoms with Crippen LogP contribution < -0.4 is 20.7 Å². The molecule has 5 heteroatoms. The average molecular weight is 823 g/mol. The van der Waals surface area contributed by atoms with Crippen LogP contribution in [0.2, 0.25) is 0 Å². The predicted molar refractivity (Wildman–Crippen MR) is 264 cm³/mol. The average Bonchev–Trinajstić information content (AvgIpc) is 3.69. The fourth-order valence-electron chi connectivity index (χ4n) is 9.34. The van der Waals surface area contributed by atoms with Gasteiger partial charge in [0.15, 0.2) is 25.5 Å². The van der Waals surface area contributed by atoms with E-state index in [1.807, 2.05) is 36.4 Å². The van der Waals surface area contributed by atoms with Gasteiger partial charge < -0.3 is 4.57 Å². The fourth-order valence-corrected chi connectivity index (χ4v) is 14.1. The van der Waals surface area contributed by atoms with E-state index in [1.165, 1.54) is 37.1 Å². The van der Waals surface area contributed by atoms with Gasteiger partial charge in [-0.1, -0.05) is 206 Å². The Balaban J connectivity index is 1.20. The highest BCUT2D eigenvalue weighted by molar-refractivity contribution is 7.19. The summed E-state index contributed by atoms with van der Waals surface area (Å²) in [6.07, 6.45) is 0. The summed E-state index contributed by atoms with van der Waals surface area (Å²) in [6.45, 7) is 2.16. The Morgan fingerprint density at radius 3 is 1.33 bits per heavy atom. The number of hydrogen-bond acceptors (Lipinski definition) is 3. The molecular weight excluding hydrogens is 781 g/mol. The minimum absolute atomic E-state index is 0.611. The maximum absolute atomic E-state index is 5.24. The SMILES string of the molecule is Cc1ccc2c(c1)c1ccccc1n2-c1cc(-c2cccc([Si](c3ccccc3)(c3ccccc3)c3ccccc3)c2)cc(-c2nc(-c3ccccc3)nc(-c3ccccc3)n2)c1. The van der Waals surface area contributed by atoms with Crippen LogP contribution in [0.25, 0.3) is 72.8 Å². The third-order valence-corrected chi connectivity index (χ3v) is 17.0. The third-order valence-electron chi connectivity index (χ3n) is 12.2. The fraction of sp³-hybridized carbons (Fsp3) is 0.0172. The number of hydrogen-bond donors (Lipinski definition) is 0. The minimum atomic E-state index is -2.81. The molecule has 11 rings (SSSR count). The first kappa shape index (κ1) is 38.0. The molecule has 0 radical (unpaired) electrons. The number of para-hydroxylation sites is 1. The number of aryl methyl sites for hydroxylation is 1. The maximum Gasteiger partial charge on any atom is 0.179 e. The number of aromatic nitrogens is 4. The topological polar surface area (TPSA) is 43.6 Å². The Morgan fingerprint density at radius 1 is 0.317 bits per heavy atom. The van der Waals surface area contributed by atoms with Crippen LogP contribution in [0.4, 0.5) is 0 Å². The summed E-state index contributed by atoms with van der Waals surface area (Å²) in [5, 5.41) is 7.75. The Labute approximate surface area is 368 Å². The molecule has 0 spiro atoms. The number of fused-ring (bicyclic) bond motifs is 3. The molecule has 9 aromatic carbocycles. The first-order chi connectivity index (χ1) is 31.1. The standard InChI is InChI=1S/C58H42N4Si/c1-41-34-35-55-53(36-41)52-32-17-18-33-54(52)62(55)47-38-45(37-46(39-47)58-60-56(42-20-7-2-8-21-42)59-57(61-58)43-22-9-3-10-23-43)44-24-19-31-51(40-44)63(48-25-11-4-12-26-48,49-27-13-5-14-28-49)50-29-15-6-16-30-50/h2-40H,1H3. The van der Waals surface area contributed by atoms with Gasteiger partial charge in [-0.2, -0.15) is 0 Å². The molecule has 11 aromatic rings. The molecule has 0 N–H and O–H groups in total. The van der Waals surface area contributed by atoms with Gasteiger partial charge in [-0.05, 0) is 75.2 Å². The Kier molecular flexibility index (Phi) is 9.72. The normalized spacial score (nSPS) is 11.6. The Morgan fingerprint density at radius 2 is 0.762 bits per heavy atom. The van der Waals surface area contributed by atoms with Crippen molar-refractivity contribution < 1.29 is 0 Å². The second kappa shape index (κ2) is 16.1. The van der Waals surface area contributed by atoms with Crippen molar-refractivity contribution in [3.8, 4) is 51.0 Å². The zero-order chi connectivity index (χ0) is 42.2. The molecule has 2 aromatic heterocycles.